The minimum absolute atomic E-state index is 0.0116. The minimum Gasteiger partial charge on any atom is -0.463 e. The van der Waals surface area contributed by atoms with Crippen LogP contribution in [0, 0.1) is 0 Å². The molecule has 2 heteroatoms. The molecular weight excluding hydrogens is 246 g/mol. The summed E-state index contributed by atoms with van der Waals surface area (Å²) in [4.78, 5) is 4.69. The molecule has 0 fully saturated rings. The Morgan fingerprint density at radius 3 is 1.85 bits per heavy atom. The molecule has 2 aromatic carbocycles. The Bertz CT molecular complexity index is 618. The first-order valence-corrected chi connectivity index (χ1v) is 6.60. The summed E-state index contributed by atoms with van der Waals surface area (Å²) in [6.07, 6.45) is 3.44. The van der Waals surface area contributed by atoms with Gasteiger partial charge in [0, 0.05) is 0 Å². The average molecular weight is 261 g/mol. The molecule has 0 saturated heterocycles. The van der Waals surface area contributed by atoms with Crippen LogP contribution in [0.1, 0.15) is 22.9 Å². The summed E-state index contributed by atoms with van der Waals surface area (Å²) in [5, 5.41) is 0. The van der Waals surface area contributed by atoms with Crippen LogP contribution in [0.3, 0.4) is 0 Å². The molecule has 0 atom stereocenters. The van der Waals surface area contributed by atoms with Gasteiger partial charge in [0.2, 0.25) is 0 Å². The van der Waals surface area contributed by atoms with Crippen LogP contribution >= 0.6 is 0 Å². The fourth-order valence-corrected chi connectivity index (χ4v) is 2.15. The second-order valence-corrected chi connectivity index (χ2v) is 4.52. The van der Waals surface area contributed by atoms with Crippen LogP contribution in [0.2, 0.25) is 0 Å². The summed E-state index contributed by atoms with van der Waals surface area (Å²) in [5.41, 5.74) is 2.34. The van der Waals surface area contributed by atoms with Crippen molar-refractivity contribution in [2.45, 2.75) is 6.04 Å². The molecule has 2 nitrogen and oxygen atoms in total. The highest BCUT2D eigenvalue weighted by atomic mass is 16.3. The van der Waals surface area contributed by atoms with Crippen molar-refractivity contribution in [1.82, 2.24) is 0 Å². The van der Waals surface area contributed by atoms with Crippen LogP contribution < -0.4 is 0 Å². The fraction of sp³-hybridized carbons (Fsp3) is 0.0556. The van der Waals surface area contributed by atoms with Gasteiger partial charge in [-0.15, -0.1) is 0 Å². The molecule has 0 unspecified atom stereocenters. The second kappa shape index (κ2) is 6.02. The van der Waals surface area contributed by atoms with E-state index in [-0.39, 0.29) is 6.04 Å². The smallest absolute Gasteiger partial charge is 0.144 e. The van der Waals surface area contributed by atoms with Gasteiger partial charge in [0.25, 0.3) is 0 Å². The standard InChI is InChI=1S/C18H15NO/c1-3-8-15(9-4-1)18(16-10-5-2-6-11-16)19-14-17-12-7-13-20-17/h1-14,18H/b19-14+. The number of furan rings is 1. The normalized spacial score (nSPS) is 11.2. The molecular formula is C18H15NO. The first-order valence-electron chi connectivity index (χ1n) is 6.60. The van der Waals surface area contributed by atoms with Gasteiger partial charge in [-0.25, -0.2) is 0 Å². The lowest BCUT2D eigenvalue weighted by molar-refractivity contribution is 0.559. The molecule has 0 saturated carbocycles. The Hall–Kier alpha value is -2.61. The Labute approximate surface area is 118 Å². The van der Waals surface area contributed by atoms with Crippen LogP contribution in [-0.4, -0.2) is 6.21 Å². The lowest BCUT2D eigenvalue weighted by Crippen LogP contribution is -1.98. The summed E-state index contributed by atoms with van der Waals surface area (Å²) >= 11 is 0. The van der Waals surface area contributed by atoms with E-state index in [0.717, 1.165) is 5.76 Å². The zero-order valence-corrected chi connectivity index (χ0v) is 11.0. The number of hydrogen-bond donors (Lipinski definition) is 0. The van der Waals surface area contributed by atoms with E-state index in [1.54, 1.807) is 12.5 Å². The maximum absolute atomic E-state index is 5.31. The van der Waals surface area contributed by atoms with Crippen molar-refractivity contribution < 1.29 is 4.42 Å². The highest BCUT2D eigenvalue weighted by molar-refractivity contribution is 5.76. The van der Waals surface area contributed by atoms with Crippen LogP contribution in [0.15, 0.2) is 88.5 Å². The Morgan fingerprint density at radius 2 is 1.35 bits per heavy atom. The van der Waals surface area contributed by atoms with Crippen LogP contribution in [0.25, 0.3) is 0 Å². The van der Waals surface area contributed by atoms with E-state index < -0.39 is 0 Å². The lowest BCUT2D eigenvalue weighted by atomic mass is 9.99. The molecule has 0 spiro atoms. The maximum Gasteiger partial charge on any atom is 0.144 e. The lowest BCUT2D eigenvalue weighted by Gasteiger charge is -2.13. The van der Waals surface area contributed by atoms with Gasteiger partial charge in [0.15, 0.2) is 0 Å². The summed E-state index contributed by atoms with van der Waals surface area (Å²) in [6, 6.07) is 24.3. The quantitative estimate of drug-likeness (QED) is 0.635. The van der Waals surface area contributed by atoms with Gasteiger partial charge >= 0.3 is 0 Å². The molecule has 0 amide bonds. The predicted octanol–water partition coefficient (Wildman–Crippen LogP) is 4.49. The van der Waals surface area contributed by atoms with Crippen molar-refractivity contribution in [2.75, 3.05) is 0 Å². The molecule has 0 aliphatic heterocycles. The van der Waals surface area contributed by atoms with E-state index in [9.17, 15) is 0 Å². The largest absolute Gasteiger partial charge is 0.463 e. The van der Waals surface area contributed by atoms with Crippen molar-refractivity contribution in [3.63, 3.8) is 0 Å². The Balaban J connectivity index is 1.96. The number of benzene rings is 2. The van der Waals surface area contributed by atoms with Gasteiger partial charge in [-0.05, 0) is 23.3 Å². The number of rotatable bonds is 4. The van der Waals surface area contributed by atoms with Crippen molar-refractivity contribution in [3.05, 3.63) is 95.9 Å². The molecule has 3 aromatic rings. The average Bonchev–Trinajstić information content (AvgIpc) is 3.03. The summed E-state index contributed by atoms with van der Waals surface area (Å²) in [6.45, 7) is 0. The van der Waals surface area contributed by atoms with Crippen molar-refractivity contribution in [2.24, 2.45) is 4.99 Å². The van der Waals surface area contributed by atoms with Gasteiger partial charge < -0.3 is 4.42 Å². The van der Waals surface area contributed by atoms with Crippen LogP contribution in [0.4, 0.5) is 0 Å². The molecule has 0 aliphatic rings. The fourth-order valence-electron chi connectivity index (χ4n) is 2.15. The molecule has 20 heavy (non-hydrogen) atoms. The van der Waals surface area contributed by atoms with Gasteiger partial charge in [0.05, 0.1) is 12.5 Å². The maximum atomic E-state index is 5.31. The zero-order chi connectivity index (χ0) is 13.6. The number of hydrogen-bond acceptors (Lipinski definition) is 2. The first-order chi connectivity index (χ1) is 9.93. The van der Waals surface area contributed by atoms with E-state index in [1.165, 1.54) is 11.1 Å². The third kappa shape index (κ3) is 2.86. The van der Waals surface area contributed by atoms with E-state index in [1.807, 2.05) is 48.5 Å². The Kier molecular flexibility index (Phi) is 3.74. The topological polar surface area (TPSA) is 25.5 Å². The molecule has 98 valence electrons. The molecule has 0 radical (unpaired) electrons. The molecule has 1 heterocycles. The molecule has 0 N–H and O–H groups in total. The monoisotopic (exact) mass is 261 g/mol. The van der Waals surface area contributed by atoms with Crippen molar-refractivity contribution >= 4 is 6.21 Å². The second-order valence-electron chi connectivity index (χ2n) is 4.52. The van der Waals surface area contributed by atoms with E-state index in [4.69, 9.17) is 4.42 Å². The highest BCUT2D eigenvalue weighted by Gasteiger charge is 2.11. The van der Waals surface area contributed by atoms with Gasteiger partial charge in [0.1, 0.15) is 11.8 Å². The van der Waals surface area contributed by atoms with Crippen molar-refractivity contribution in [1.29, 1.82) is 0 Å². The van der Waals surface area contributed by atoms with Crippen LogP contribution in [-0.2, 0) is 0 Å². The van der Waals surface area contributed by atoms with Gasteiger partial charge in [-0.2, -0.15) is 0 Å². The molecule has 1 aromatic heterocycles. The first kappa shape index (κ1) is 12.4. The SMILES string of the molecule is C(=N\C(c1ccccc1)c1ccccc1)/c1ccco1. The van der Waals surface area contributed by atoms with Gasteiger partial charge in [-0.1, -0.05) is 60.7 Å². The molecule has 3 rings (SSSR count). The third-order valence-corrected chi connectivity index (χ3v) is 3.12. The number of aliphatic imine (C=N–C) groups is 1. The summed E-state index contributed by atoms with van der Waals surface area (Å²) < 4.78 is 5.31. The number of nitrogens with zero attached hydrogens (tertiary/aromatic N) is 1. The summed E-state index contributed by atoms with van der Waals surface area (Å²) in [5.74, 6) is 0.766. The predicted molar refractivity (Wildman–Crippen MR) is 81.0 cm³/mol. The minimum atomic E-state index is -0.0116. The van der Waals surface area contributed by atoms with Gasteiger partial charge in [-0.3, -0.25) is 4.99 Å². The van der Waals surface area contributed by atoms with E-state index >= 15 is 0 Å². The third-order valence-electron chi connectivity index (χ3n) is 3.12. The van der Waals surface area contributed by atoms with Crippen molar-refractivity contribution in [3.8, 4) is 0 Å². The molecule has 0 aliphatic carbocycles. The van der Waals surface area contributed by atoms with E-state index in [2.05, 4.69) is 29.3 Å². The van der Waals surface area contributed by atoms with E-state index in [0.29, 0.717) is 0 Å². The van der Waals surface area contributed by atoms with Crippen LogP contribution in [0.5, 0.6) is 0 Å². The zero-order valence-electron chi connectivity index (χ0n) is 11.0. The Morgan fingerprint density at radius 1 is 0.750 bits per heavy atom. The highest BCUT2D eigenvalue weighted by Crippen LogP contribution is 2.25. The molecule has 0 bridgehead atoms. The summed E-state index contributed by atoms with van der Waals surface area (Å²) in [7, 11) is 0.